The Hall–Kier alpha value is -2.83. The van der Waals surface area contributed by atoms with Crippen LogP contribution in [0.15, 0.2) is 82.2 Å². The average molecular weight is 522 g/mol. The lowest BCUT2D eigenvalue weighted by molar-refractivity contribution is -0.122. The zero-order valence-corrected chi connectivity index (χ0v) is 20.7. The van der Waals surface area contributed by atoms with Gasteiger partial charge in [-0.15, -0.1) is 0 Å². The Balaban J connectivity index is 1.45. The van der Waals surface area contributed by atoms with Crippen LogP contribution in [0.25, 0.3) is 6.08 Å². The predicted octanol–water partition coefficient (Wildman–Crippen LogP) is 7.01. The third kappa shape index (κ3) is 6.15. The first-order valence-corrected chi connectivity index (χ1v) is 12.4. The van der Waals surface area contributed by atoms with E-state index < -0.39 is 0 Å². The van der Waals surface area contributed by atoms with Crippen LogP contribution in [0, 0.1) is 6.92 Å². The van der Waals surface area contributed by atoms with Gasteiger partial charge >= 0.3 is 0 Å². The molecule has 1 aliphatic rings. The van der Waals surface area contributed by atoms with Crippen LogP contribution in [-0.2, 0) is 17.8 Å². The molecule has 0 saturated carbocycles. The van der Waals surface area contributed by atoms with Crippen LogP contribution in [-0.4, -0.2) is 22.6 Å². The highest BCUT2D eigenvalue weighted by atomic mass is 79.9. The van der Waals surface area contributed by atoms with Crippen LogP contribution < -0.4 is 4.74 Å². The summed E-state index contributed by atoms with van der Waals surface area (Å²) in [5.74, 6) is 0.414. The number of thioether (sulfide) groups is 1. The second-order valence-corrected chi connectivity index (χ2v) is 9.79. The largest absolute Gasteiger partial charge is 0.488 e. The number of aryl methyl sites for hydroxylation is 2. The normalized spacial score (nSPS) is 14.8. The molecule has 0 bridgehead atoms. The molecule has 4 rings (SSSR count). The van der Waals surface area contributed by atoms with Crippen molar-refractivity contribution in [2.24, 2.45) is 0 Å². The minimum Gasteiger partial charge on any atom is -0.488 e. The molecule has 0 unspecified atom stereocenters. The van der Waals surface area contributed by atoms with E-state index in [1.807, 2.05) is 55.5 Å². The van der Waals surface area contributed by atoms with Crippen molar-refractivity contribution in [3.63, 3.8) is 0 Å². The number of imide groups is 1. The Bertz CT molecular complexity index is 1180. The smallest absolute Gasteiger partial charge is 0.293 e. The summed E-state index contributed by atoms with van der Waals surface area (Å²) in [6, 6.07) is 23.9. The summed E-state index contributed by atoms with van der Waals surface area (Å²) in [5.41, 5.74) is 4.21. The fourth-order valence-corrected chi connectivity index (χ4v) is 4.76. The van der Waals surface area contributed by atoms with Crippen molar-refractivity contribution in [3.05, 3.63) is 104 Å². The fraction of sp³-hybridized carbons (Fsp3) is 0.185. The molecule has 3 aromatic carbocycles. The van der Waals surface area contributed by atoms with Crippen molar-refractivity contribution < 1.29 is 14.3 Å². The van der Waals surface area contributed by atoms with E-state index in [4.69, 9.17) is 4.74 Å². The first-order valence-electron chi connectivity index (χ1n) is 10.8. The summed E-state index contributed by atoms with van der Waals surface area (Å²) in [6.07, 6.45) is 3.30. The number of nitrogens with zero attached hydrogens (tertiary/aromatic N) is 1. The molecule has 0 radical (unpaired) electrons. The van der Waals surface area contributed by atoms with Crippen LogP contribution in [0.3, 0.4) is 0 Å². The van der Waals surface area contributed by atoms with E-state index in [9.17, 15) is 9.59 Å². The molecule has 0 atom stereocenters. The average Bonchev–Trinajstić information content (AvgIpc) is 3.08. The van der Waals surface area contributed by atoms with Crippen LogP contribution >= 0.6 is 27.7 Å². The number of carbonyl (C=O) groups is 2. The van der Waals surface area contributed by atoms with E-state index in [1.165, 1.54) is 16.0 Å². The molecule has 1 saturated heterocycles. The topological polar surface area (TPSA) is 46.6 Å². The second-order valence-electron chi connectivity index (χ2n) is 7.88. The minimum absolute atomic E-state index is 0.226. The van der Waals surface area contributed by atoms with Gasteiger partial charge in [0, 0.05) is 16.6 Å². The highest BCUT2D eigenvalue weighted by Gasteiger charge is 2.34. The Labute approximate surface area is 206 Å². The van der Waals surface area contributed by atoms with E-state index in [-0.39, 0.29) is 11.1 Å². The molecule has 0 spiro atoms. The van der Waals surface area contributed by atoms with E-state index in [0.29, 0.717) is 23.8 Å². The molecule has 4 nitrogen and oxygen atoms in total. The highest BCUT2D eigenvalue weighted by molar-refractivity contribution is 9.10. The number of benzene rings is 3. The summed E-state index contributed by atoms with van der Waals surface area (Å²) < 4.78 is 6.92. The molecule has 168 valence electrons. The maximum Gasteiger partial charge on any atom is 0.293 e. The third-order valence-electron chi connectivity index (χ3n) is 5.34. The number of ether oxygens (including phenoxy) is 1. The van der Waals surface area contributed by atoms with Crippen molar-refractivity contribution >= 4 is 44.9 Å². The van der Waals surface area contributed by atoms with Gasteiger partial charge in [-0.25, -0.2) is 0 Å². The van der Waals surface area contributed by atoms with Gasteiger partial charge in [-0.05, 0) is 66.9 Å². The minimum atomic E-state index is -0.248. The number of hydrogen-bond donors (Lipinski definition) is 0. The maximum absolute atomic E-state index is 12.9. The van der Waals surface area contributed by atoms with Gasteiger partial charge in [0.2, 0.25) is 0 Å². The molecular formula is C27H24BrNO3S. The van der Waals surface area contributed by atoms with Crippen molar-refractivity contribution in [1.82, 2.24) is 4.90 Å². The van der Waals surface area contributed by atoms with E-state index in [1.54, 1.807) is 6.08 Å². The van der Waals surface area contributed by atoms with Gasteiger partial charge in [0.05, 0.1) is 4.91 Å². The Morgan fingerprint density at radius 3 is 2.48 bits per heavy atom. The molecule has 6 heteroatoms. The fourth-order valence-electron chi connectivity index (χ4n) is 3.53. The van der Waals surface area contributed by atoms with E-state index in [2.05, 4.69) is 40.2 Å². The van der Waals surface area contributed by atoms with Crippen molar-refractivity contribution in [3.8, 4) is 5.75 Å². The van der Waals surface area contributed by atoms with Gasteiger partial charge in [-0.3, -0.25) is 14.5 Å². The monoisotopic (exact) mass is 521 g/mol. The van der Waals surface area contributed by atoms with E-state index in [0.717, 1.165) is 40.2 Å². The van der Waals surface area contributed by atoms with Gasteiger partial charge in [0.15, 0.2) is 0 Å². The number of hydrogen-bond acceptors (Lipinski definition) is 4. The maximum atomic E-state index is 12.9. The summed E-state index contributed by atoms with van der Waals surface area (Å²) in [7, 11) is 0. The number of rotatable bonds is 8. The quantitative estimate of drug-likeness (QED) is 0.299. The molecule has 0 aromatic heterocycles. The van der Waals surface area contributed by atoms with Crippen LogP contribution in [0.5, 0.6) is 5.75 Å². The first kappa shape index (κ1) is 23.3. The van der Waals surface area contributed by atoms with Crippen molar-refractivity contribution in [2.75, 3.05) is 6.54 Å². The van der Waals surface area contributed by atoms with Gasteiger partial charge in [-0.1, -0.05) is 76.1 Å². The number of halogens is 1. The summed E-state index contributed by atoms with van der Waals surface area (Å²) in [6.45, 7) is 2.88. The van der Waals surface area contributed by atoms with Gasteiger partial charge < -0.3 is 4.74 Å². The highest BCUT2D eigenvalue weighted by Crippen LogP contribution is 2.35. The van der Waals surface area contributed by atoms with Crippen LogP contribution in [0.2, 0.25) is 0 Å². The Morgan fingerprint density at radius 2 is 1.73 bits per heavy atom. The molecule has 33 heavy (non-hydrogen) atoms. The second kappa shape index (κ2) is 10.9. The van der Waals surface area contributed by atoms with Gasteiger partial charge in [-0.2, -0.15) is 0 Å². The summed E-state index contributed by atoms with van der Waals surface area (Å²) >= 11 is 4.47. The summed E-state index contributed by atoms with van der Waals surface area (Å²) in [5, 5.41) is -0.226. The number of amides is 2. The lowest BCUT2D eigenvalue weighted by atomic mass is 10.1. The SMILES string of the molecule is Cc1ccc(COc2ccc(Br)cc2/C=C2/SC(=O)N(CCCc3ccccc3)C2=O)cc1. The van der Waals surface area contributed by atoms with Gasteiger partial charge in [0.25, 0.3) is 11.1 Å². The molecular weight excluding hydrogens is 498 g/mol. The number of carbonyl (C=O) groups excluding carboxylic acids is 2. The molecule has 1 heterocycles. The van der Waals surface area contributed by atoms with E-state index >= 15 is 0 Å². The van der Waals surface area contributed by atoms with Gasteiger partial charge in [0.1, 0.15) is 12.4 Å². The van der Waals surface area contributed by atoms with Crippen LogP contribution in [0.4, 0.5) is 4.79 Å². The molecule has 1 fully saturated rings. The molecule has 2 amide bonds. The third-order valence-corrected chi connectivity index (χ3v) is 6.74. The van der Waals surface area contributed by atoms with Crippen molar-refractivity contribution in [1.29, 1.82) is 0 Å². The predicted molar refractivity (Wildman–Crippen MR) is 137 cm³/mol. The zero-order chi connectivity index (χ0) is 23.2. The Kier molecular flexibility index (Phi) is 7.68. The standard InChI is InChI=1S/C27H24BrNO3S/c1-19-9-11-21(12-10-19)18-32-24-14-13-23(28)16-22(24)17-25-26(30)29(27(31)33-25)15-5-8-20-6-3-2-4-7-20/h2-4,6-7,9-14,16-17H,5,8,15,18H2,1H3/b25-17+. The lowest BCUT2D eigenvalue weighted by Gasteiger charge is -2.12. The molecule has 0 N–H and O–H groups in total. The lowest BCUT2D eigenvalue weighted by Crippen LogP contribution is -2.29. The summed E-state index contributed by atoms with van der Waals surface area (Å²) in [4.78, 5) is 27.2. The molecule has 3 aromatic rings. The van der Waals surface area contributed by atoms with Crippen molar-refractivity contribution in [2.45, 2.75) is 26.4 Å². The zero-order valence-electron chi connectivity index (χ0n) is 18.3. The molecule has 1 aliphatic heterocycles. The Morgan fingerprint density at radius 1 is 0.970 bits per heavy atom. The van der Waals surface area contributed by atoms with Crippen LogP contribution in [0.1, 0.15) is 28.7 Å². The first-order chi connectivity index (χ1) is 16.0. The molecule has 0 aliphatic carbocycles.